The molecule has 0 rings (SSSR count). The Bertz CT molecular complexity index is 350. The molecule has 3 nitrogen and oxygen atoms in total. The van der Waals surface area contributed by atoms with Crippen LogP contribution in [0.4, 0.5) is 0 Å². The summed E-state index contributed by atoms with van der Waals surface area (Å²) in [5.74, 6) is 2.15. The van der Waals surface area contributed by atoms with Crippen molar-refractivity contribution in [3.05, 3.63) is 0 Å². The zero-order chi connectivity index (χ0) is 18.8. The zero-order valence-corrected chi connectivity index (χ0v) is 19.3. The maximum absolute atomic E-state index is 14.2. The van der Waals surface area contributed by atoms with Crippen molar-refractivity contribution in [2.75, 3.05) is 13.2 Å². The van der Waals surface area contributed by atoms with Crippen LogP contribution in [-0.4, -0.2) is 13.2 Å². The second-order valence-electron chi connectivity index (χ2n) is 9.29. The minimum absolute atomic E-state index is 0.517. The molecule has 0 bridgehead atoms. The van der Waals surface area contributed by atoms with Crippen molar-refractivity contribution in [1.29, 1.82) is 0 Å². The van der Waals surface area contributed by atoms with Crippen LogP contribution in [0.2, 0.25) is 9.45 Å². The van der Waals surface area contributed by atoms with E-state index in [0.717, 1.165) is 25.7 Å². The van der Waals surface area contributed by atoms with Crippen LogP contribution in [0, 0.1) is 23.7 Å². The zero-order valence-electron chi connectivity index (χ0n) is 17.7. The average Bonchev–Trinajstić information content (AvgIpc) is 2.43. The van der Waals surface area contributed by atoms with E-state index in [1.165, 1.54) is 0 Å². The first kappa shape index (κ1) is 24.4. The van der Waals surface area contributed by atoms with Gasteiger partial charge in [-0.2, -0.15) is 0 Å². The quantitative estimate of drug-likeness (QED) is 0.307. The van der Waals surface area contributed by atoms with E-state index in [-0.39, 0.29) is 0 Å². The van der Waals surface area contributed by atoms with Crippen molar-refractivity contribution in [3.63, 3.8) is 0 Å². The van der Waals surface area contributed by atoms with Crippen molar-refractivity contribution < 1.29 is 26.0 Å². The summed E-state index contributed by atoms with van der Waals surface area (Å²) in [5, 5.41) is 0. The average molecular weight is 380 g/mol. The molecule has 0 amide bonds. The second-order valence-corrected chi connectivity index (χ2v) is 16.0. The fourth-order valence-corrected chi connectivity index (χ4v) is 9.39. The monoisotopic (exact) mass is 380 g/mol. The molecule has 0 atom stereocenters. The van der Waals surface area contributed by atoms with Gasteiger partial charge in [0.2, 0.25) is 0 Å². The fraction of sp³-hybridized carbons (Fsp3) is 1.00. The Morgan fingerprint density at radius 3 is 1.12 bits per heavy atom. The summed E-state index contributed by atoms with van der Waals surface area (Å²) in [6.07, 6.45) is 3.72. The maximum atomic E-state index is 14.2. The van der Waals surface area contributed by atoms with Gasteiger partial charge in [-0.25, -0.2) is 0 Å². The van der Waals surface area contributed by atoms with Crippen LogP contribution in [-0.2, 0) is 26.0 Å². The Balaban J connectivity index is 5.23. The summed E-state index contributed by atoms with van der Waals surface area (Å²) >= 11 is -4.60. The van der Waals surface area contributed by atoms with Crippen LogP contribution < -0.4 is 0 Å². The predicted octanol–water partition coefficient (Wildman–Crippen LogP) is 6.91. The van der Waals surface area contributed by atoms with Gasteiger partial charge < -0.3 is 0 Å². The molecule has 0 aliphatic carbocycles. The van der Waals surface area contributed by atoms with E-state index in [0.29, 0.717) is 46.3 Å². The summed E-state index contributed by atoms with van der Waals surface area (Å²) < 4.78 is 27.9. The van der Waals surface area contributed by atoms with Gasteiger partial charge in [0.1, 0.15) is 0 Å². The molecule has 4 heteroatoms. The molecule has 0 aromatic carbocycles. The molecule has 146 valence electrons. The first-order valence-electron chi connectivity index (χ1n) is 10.1. The molecule has 0 saturated carbocycles. The molecule has 0 heterocycles. The molecule has 0 radical (unpaired) electrons. The van der Waals surface area contributed by atoms with Crippen LogP contribution >= 0.6 is 0 Å². The van der Waals surface area contributed by atoms with E-state index >= 15 is 0 Å². The first-order valence-corrected chi connectivity index (χ1v) is 14.3. The Morgan fingerprint density at radius 2 is 0.875 bits per heavy atom. The molecule has 0 fully saturated rings. The third kappa shape index (κ3) is 11.1. The number of hydrogen-bond donors (Lipinski definition) is 0. The Hall–Kier alpha value is 0.434. The third-order valence-electron chi connectivity index (χ3n) is 4.65. The standard InChI is InChI=1S/2C5H11O.2C5H11.O.Ti/c2*1-5(2)3-4-6;2*1-4-5(2)3;;/h2*5H,3-4H2,1-2H3;2*5H,1,4H2,2-3H3;;/q2*-1;;;;+2. The van der Waals surface area contributed by atoms with Crippen LogP contribution in [0.3, 0.4) is 0 Å². The van der Waals surface area contributed by atoms with Crippen LogP contribution in [0.15, 0.2) is 0 Å². The Labute approximate surface area is 153 Å². The molecule has 0 aromatic rings. The first-order chi connectivity index (χ1) is 11.0. The molecule has 0 aliphatic rings. The number of hydrogen-bond acceptors (Lipinski definition) is 3. The summed E-state index contributed by atoms with van der Waals surface area (Å²) in [4.78, 5) is 0. The second kappa shape index (κ2) is 11.2. The van der Waals surface area contributed by atoms with E-state index in [1.54, 1.807) is 0 Å². The van der Waals surface area contributed by atoms with Gasteiger partial charge in [0, 0.05) is 0 Å². The van der Waals surface area contributed by atoms with Gasteiger partial charge >= 0.3 is 153 Å². The molecule has 0 unspecified atom stereocenters. The molecular weight excluding hydrogens is 336 g/mol. The van der Waals surface area contributed by atoms with Crippen molar-refractivity contribution in [3.8, 4) is 0 Å². The summed E-state index contributed by atoms with van der Waals surface area (Å²) in [6, 6.07) is 0. The van der Waals surface area contributed by atoms with Gasteiger partial charge in [-0.3, -0.25) is 0 Å². The minimum atomic E-state index is -4.60. The topological polar surface area (TPSA) is 35.5 Å². The molecule has 0 aliphatic heterocycles. The van der Waals surface area contributed by atoms with Gasteiger partial charge in [-0.15, -0.1) is 0 Å². The molecule has 0 saturated heterocycles. The normalized spacial score (nSPS) is 13.7. The molecular formula is C20H44O3Ti. The fourth-order valence-electron chi connectivity index (χ4n) is 2.63. The van der Waals surface area contributed by atoms with Crippen LogP contribution in [0.1, 0.15) is 81.1 Å². The van der Waals surface area contributed by atoms with Crippen LogP contribution in [0.25, 0.3) is 0 Å². The third-order valence-corrected chi connectivity index (χ3v) is 11.2. The predicted molar refractivity (Wildman–Crippen MR) is 100 cm³/mol. The van der Waals surface area contributed by atoms with Crippen molar-refractivity contribution in [1.82, 2.24) is 0 Å². The van der Waals surface area contributed by atoms with Crippen LogP contribution in [0.5, 0.6) is 0 Å². The molecule has 0 spiro atoms. The van der Waals surface area contributed by atoms with E-state index in [2.05, 4.69) is 55.4 Å². The van der Waals surface area contributed by atoms with Crippen molar-refractivity contribution in [2.24, 2.45) is 23.7 Å². The van der Waals surface area contributed by atoms with Gasteiger partial charge in [0.15, 0.2) is 0 Å². The van der Waals surface area contributed by atoms with Gasteiger partial charge in [-0.1, -0.05) is 0 Å². The van der Waals surface area contributed by atoms with Crippen molar-refractivity contribution >= 4 is 0 Å². The summed E-state index contributed by atoms with van der Waals surface area (Å²) in [5.41, 5.74) is 0. The molecule has 0 N–H and O–H groups in total. The Morgan fingerprint density at radius 1 is 0.583 bits per heavy atom. The van der Waals surface area contributed by atoms with E-state index in [1.807, 2.05) is 0 Å². The Kier molecular flexibility index (Phi) is 11.4. The van der Waals surface area contributed by atoms with Gasteiger partial charge in [-0.05, 0) is 0 Å². The molecule has 24 heavy (non-hydrogen) atoms. The van der Waals surface area contributed by atoms with Gasteiger partial charge in [0.25, 0.3) is 0 Å². The summed E-state index contributed by atoms with van der Waals surface area (Å²) in [7, 11) is 0. The molecule has 0 aromatic heterocycles. The van der Waals surface area contributed by atoms with Gasteiger partial charge in [0.05, 0.1) is 0 Å². The van der Waals surface area contributed by atoms with Crippen molar-refractivity contribution in [2.45, 2.75) is 90.5 Å². The van der Waals surface area contributed by atoms with E-state index in [9.17, 15) is 3.32 Å². The van der Waals surface area contributed by atoms with E-state index in [4.69, 9.17) is 6.64 Å². The SMILES string of the molecule is CC(C)CC[O][Ti](=[O])([CH2]CC(C)C)([CH2]CC(C)C)[O]CCC(C)C. The van der Waals surface area contributed by atoms with E-state index < -0.39 is 16.1 Å². The number of rotatable bonds is 14. The summed E-state index contributed by atoms with van der Waals surface area (Å²) in [6.45, 7) is 18.6.